The molecular formula is C5H9F3N2O. The normalized spacial score (nSPS) is 14.3. The molecule has 0 bridgehead atoms. The van der Waals surface area contributed by atoms with Crippen molar-refractivity contribution in [3.63, 3.8) is 0 Å². The van der Waals surface area contributed by atoms with Crippen molar-refractivity contribution >= 4 is 5.91 Å². The molecule has 0 heterocycles. The summed E-state index contributed by atoms with van der Waals surface area (Å²) in [6.45, 7) is 0.425. The van der Waals surface area contributed by atoms with Crippen LogP contribution in [0.2, 0.25) is 0 Å². The second kappa shape index (κ2) is 3.56. The van der Waals surface area contributed by atoms with E-state index in [1.165, 1.54) is 0 Å². The van der Waals surface area contributed by atoms with E-state index in [9.17, 15) is 18.0 Å². The zero-order chi connectivity index (χ0) is 9.07. The van der Waals surface area contributed by atoms with Gasteiger partial charge in [0.05, 0.1) is 6.54 Å². The number of nitrogens with two attached hydrogens (primary N) is 1. The Morgan fingerprint density at radius 1 is 1.64 bits per heavy atom. The van der Waals surface area contributed by atoms with E-state index in [4.69, 9.17) is 5.73 Å². The molecule has 0 aromatic heterocycles. The van der Waals surface area contributed by atoms with Crippen LogP contribution in [0, 0.1) is 0 Å². The summed E-state index contributed by atoms with van der Waals surface area (Å²) in [6, 6.07) is -1.83. The van der Waals surface area contributed by atoms with Crippen LogP contribution < -0.4 is 11.1 Å². The lowest BCUT2D eigenvalue weighted by molar-refractivity contribution is -0.157. The third-order valence-corrected chi connectivity index (χ3v) is 1.05. The molecule has 0 aromatic rings. The molecule has 6 heteroatoms. The standard InChI is InChI=1S/C5H9F3N2O/c1-3(5(6,7)8)10-4(11)2-9/h3H,2,9H2,1H3,(H,10,11). The Morgan fingerprint density at radius 2 is 2.09 bits per heavy atom. The molecule has 0 saturated heterocycles. The first-order chi connectivity index (χ1) is 4.88. The van der Waals surface area contributed by atoms with Crippen molar-refractivity contribution in [2.24, 2.45) is 5.73 Å². The number of rotatable bonds is 2. The largest absolute Gasteiger partial charge is 0.408 e. The highest BCUT2D eigenvalue weighted by atomic mass is 19.4. The van der Waals surface area contributed by atoms with Crippen molar-refractivity contribution in [3.8, 4) is 0 Å². The fourth-order valence-electron chi connectivity index (χ4n) is 0.382. The Bertz CT molecular complexity index is 145. The van der Waals surface area contributed by atoms with Crippen LogP contribution in [0.5, 0.6) is 0 Å². The molecule has 0 fully saturated rings. The van der Waals surface area contributed by atoms with Gasteiger partial charge in [0, 0.05) is 0 Å². The van der Waals surface area contributed by atoms with Gasteiger partial charge in [0.25, 0.3) is 0 Å². The number of halogens is 3. The van der Waals surface area contributed by atoms with E-state index in [0.717, 1.165) is 6.92 Å². The minimum atomic E-state index is -4.40. The van der Waals surface area contributed by atoms with E-state index in [0.29, 0.717) is 0 Å². The second-order valence-corrected chi connectivity index (χ2v) is 2.03. The van der Waals surface area contributed by atoms with Crippen molar-refractivity contribution < 1.29 is 18.0 Å². The van der Waals surface area contributed by atoms with Gasteiger partial charge < -0.3 is 11.1 Å². The lowest BCUT2D eigenvalue weighted by Crippen LogP contribution is -2.45. The van der Waals surface area contributed by atoms with Crippen molar-refractivity contribution in [1.82, 2.24) is 5.32 Å². The summed E-state index contributed by atoms with van der Waals surface area (Å²) in [4.78, 5) is 10.3. The Balaban J connectivity index is 3.87. The highest BCUT2D eigenvalue weighted by Crippen LogP contribution is 2.19. The molecule has 3 N–H and O–H groups in total. The molecule has 0 aliphatic rings. The average Bonchev–Trinajstić information content (AvgIpc) is 1.85. The van der Waals surface area contributed by atoms with E-state index in [-0.39, 0.29) is 0 Å². The van der Waals surface area contributed by atoms with Crippen LogP contribution in [0.15, 0.2) is 0 Å². The predicted octanol–water partition coefficient (Wildman–Crippen LogP) is 0.0121. The summed E-state index contributed by atoms with van der Waals surface area (Å²) in [6.07, 6.45) is -4.40. The fraction of sp³-hybridized carbons (Fsp3) is 0.800. The number of carbonyl (C=O) groups excluding carboxylic acids is 1. The van der Waals surface area contributed by atoms with Gasteiger partial charge in [0.15, 0.2) is 0 Å². The lowest BCUT2D eigenvalue weighted by Gasteiger charge is -2.16. The summed E-state index contributed by atoms with van der Waals surface area (Å²) < 4.78 is 35.1. The Hall–Kier alpha value is -0.780. The van der Waals surface area contributed by atoms with Crippen molar-refractivity contribution in [2.75, 3.05) is 6.54 Å². The van der Waals surface area contributed by atoms with Gasteiger partial charge in [-0.3, -0.25) is 4.79 Å². The first kappa shape index (κ1) is 10.2. The summed E-state index contributed by atoms with van der Waals surface area (Å²) in [5.41, 5.74) is 4.78. The first-order valence-corrected chi connectivity index (χ1v) is 2.94. The van der Waals surface area contributed by atoms with Gasteiger partial charge in [-0.25, -0.2) is 0 Å². The smallest absolute Gasteiger partial charge is 0.344 e. The molecule has 1 atom stereocenters. The second-order valence-electron chi connectivity index (χ2n) is 2.03. The molecule has 3 nitrogen and oxygen atoms in total. The van der Waals surface area contributed by atoms with Crippen molar-refractivity contribution in [1.29, 1.82) is 0 Å². The zero-order valence-electron chi connectivity index (χ0n) is 5.90. The minimum Gasteiger partial charge on any atom is -0.344 e. The molecule has 0 spiro atoms. The zero-order valence-corrected chi connectivity index (χ0v) is 5.90. The number of hydrogen-bond donors (Lipinski definition) is 2. The third kappa shape index (κ3) is 3.82. The minimum absolute atomic E-state index is 0.430. The molecule has 0 radical (unpaired) electrons. The summed E-state index contributed by atoms with van der Waals surface area (Å²) in [5.74, 6) is -0.810. The highest BCUT2D eigenvalue weighted by Gasteiger charge is 2.36. The highest BCUT2D eigenvalue weighted by molar-refractivity contribution is 5.78. The molecule has 0 aromatic carbocycles. The Morgan fingerprint density at radius 3 is 2.36 bits per heavy atom. The van der Waals surface area contributed by atoms with E-state index < -0.39 is 24.7 Å². The third-order valence-electron chi connectivity index (χ3n) is 1.05. The van der Waals surface area contributed by atoms with Crippen LogP contribution in [0.3, 0.4) is 0 Å². The molecule has 0 saturated carbocycles. The molecule has 66 valence electrons. The molecule has 11 heavy (non-hydrogen) atoms. The van der Waals surface area contributed by atoms with Crippen LogP contribution in [0.4, 0.5) is 13.2 Å². The van der Waals surface area contributed by atoms with E-state index in [2.05, 4.69) is 0 Å². The van der Waals surface area contributed by atoms with E-state index in [1.807, 2.05) is 0 Å². The van der Waals surface area contributed by atoms with Gasteiger partial charge in [-0.05, 0) is 6.92 Å². The monoisotopic (exact) mass is 170 g/mol. The fourth-order valence-corrected chi connectivity index (χ4v) is 0.382. The van der Waals surface area contributed by atoms with Gasteiger partial charge in [-0.1, -0.05) is 0 Å². The molecule has 0 rings (SSSR count). The van der Waals surface area contributed by atoms with Gasteiger partial charge in [-0.15, -0.1) is 0 Å². The van der Waals surface area contributed by atoms with Crippen LogP contribution >= 0.6 is 0 Å². The van der Waals surface area contributed by atoms with E-state index in [1.54, 1.807) is 5.32 Å². The average molecular weight is 170 g/mol. The van der Waals surface area contributed by atoms with Gasteiger partial charge in [0.2, 0.25) is 5.91 Å². The number of carbonyl (C=O) groups is 1. The maximum absolute atomic E-state index is 11.7. The molecule has 1 amide bonds. The van der Waals surface area contributed by atoms with Crippen LogP contribution in [0.25, 0.3) is 0 Å². The molecular weight excluding hydrogens is 161 g/mol. The SMILES string of the molecule is CC(NC(=O)CN)C(F)(F)F. The van der Waals surface area contributed by atoms with Crippen molar-refractivity contribution in [2.45, 2.75) is 19.1 Å². The Labute approximate surface area is 61.7 Å². The van der Waals surface area contributed by atoms with Gasteiger partial charge in [0.1, 0.15) is 6.04 Å². The lowest BCUT2D eigenvalue weighted by atomic mass is 10.3. The number of nitrogens with one attached hydrogen (secondary N) is 1. The van der Waals surface area contributed by atoms with Crippen molar-refractivity contribution in [3.05, 3.63) is 0 Å². The van der Waals surface area contributed by atoms with Crippen LogP contribution in [0.1, 0.15) is 6.92 Å². The molecule has 1 unspecified atom stereocenters. The van der Waals surface area contributed by atoms with Crippen LogP contribution in [-0.2, 0) is 4.79 Å². The number of amides is 1. The van der Waals surface area contributed by atoms with Gasteiger partial charge in [-0.2, -0.15) is 13.2 Å². The summed E-state index contributed by atoms with van der Waals surface area (Å²) in [5, 5.41) is 1.68. The number of hydrogen-bond acceptors (Lipinski definition) is 2. The van der Waals surface area contributed by atoms with E-state index >= 15 is 0 Å². The molecule has 0 aliphatic carbocycles. The summed E-state index contributed by atoms with van der Waals surface area (Å²) in [7, 11) is 0. The predicted molar refractivity (Wildman–Crippen MR) is 32.7 cm³/mol. The summed E-state index contributed by atoms with van der Waals surface area (Å²) >= 11 is 0. The first-order valence-electron chi connectivity index (χ1n) is 2.94. The maximum Gasteiger partial charge on any atom is 0.408 e. The topological polar surface area (TPSA) is 55.1 Å². The Kier molecular flexibility index (Phi) is 3.31. The number of alkyl halides is 3. The quantitative estimate of drug-likeness (QED) is 0.613. The van der Waals surface area contributed by atoms with Gasteiger partial charge >= 0.3 is 6.18 Å². The molecule has 0 aliphatic heterocycles. The maximum atomic E-state index is 11.7. The van der Waals surface area contributed by atoms with Crippen LogP contribution in [-0.4, -0.2) is 24.7 Å².